The van der Waals surface area contributed by atoms with Gasteiger partial charge in [-0.05, 0) is 121 Å². The van der Waals surface area contributed by atoms with Crippen molar-refractivity contribution in [3.63, 3.8) is 0 Å². The van der Waals surface area contributed by atoms with Crippen molar-refractivity contribution < 1.29 is 0 Å². The summed E-state index contributed by atoms with van der Waals surface area (Å²) in [5.41, 5.74) is 21.5. The molecular weight excluding hydrogens is 813 g/mol. The average Bonchev–Trinajstić information content (AvgIpc) is 3.75. The highest BCUT2D eigenvalue weighted by Crippen LogP contribution is 2.46. The third-order valence-corrected chi connectivity index (χ3v) is 13.8. The molecule has 0 saturated carbocycles. The minimum absolute atomic E-state index is 0.0736. The highest BCUT2D eigenvalue weighted by molar-refractivity contribution is 5.95. The first-order chi connectivity index (χ1) is 32.8. The molecule has 0 amide bonds. The number of rotatable bonds is 12. The summed E-state index contributed by atoms with van der Waals surface area (Å²) in [6.07, 6.45) is 29.7. The molecule has 4 heteroatoms. The molecular formula is C63H62N4. The lowest BCUT2D eigenvalue weighted by atomic mass is 9.79. The Bertz CT molecular complexity index is 2860. The van der Waals surface area contributed by atoms with E-state index >= 15 is 0 Å². The highest BCUT2D eigenvalue weighted by Gasteiger charge is 2.36. The van der Waals surface area contributed by atoms with E-state index in [1.807, 2.05) is 12.2 Å². The Morgan fingerprint density at radius 1 is 0.761 bits per heavy atom. The number of allylic oxidation sites excluding steroid dienone is 11. The fourth-order valence-corrected chi connectivity index (χ4v) is 10.3. The topological polar surface area (TPSA) is 21.8 Å². The van der Waals surface area contributed by atoms with Crippen molar-refractivity contribution in [3.05, 3.63) is 270 Å². The van der Waals surface area contributed by atoms with Gasteiger partial charge in [-0.3, -0.25) is 5.01 Å². The Morgan fingerprint density at radius 2 is 1.43 bits per heavy atom. The lowest BCUT2D eigenvalue weighted by Crippen LogP contribution is -2.40. The van der Waals surface area contributed by atoms with Crippen LogP contribution in [0.15, 0.2) is 248 Å². The van der Waals surface area contributed by atoms with E-state index in [9.17, 15) is 0 Å². The molecule has 5 aromatic rings. The SMILES string of the molecule is C=C/C=C\C=C(/C)N1C/C=C\C(C(/C=C\C(=C)N(c2ccc(C3=Cc4ccccc4C4=C(C)C(c5ccccc5)NN34)cc2)c2ccc(-c3ccccc3)cc2)=C/C)CC(=C)[C@@H]2CCC=CC21. The highest BCUT2D eigenvalue weighted by atomic mass is 15.5. The Morgan fingerprint density at radius 3 is 2.15 bits per heavy atom. The van der Waals surface area contributed by atoms with Crippen LogP contribution < -0.4 is 10.3 Å². The molecule has 1 aliphatic carbocycles. The summed E-state index contributed by atoms with van der Waals surface area (Å²) in [6, 6.07) is 48.2. The van der Waals surface area contributed by atoms with E-state index in [1.54, 1.807) is 0 Å². The number of hydrazine groups is 1. The minimum Gasteiger partial charge on any atom is -0.364 e. The second kappa shape index (κ2) is 20.4. The van der Waals surface area contributed by atoms with E-state index in [-0.39, 0.29) is 18.0 Å². The van der Waals surface area contributed by atoms with Gasteiger partial charge in [-0.15, -0.1) is 0 Å². The molecule has 0 aromatic heterocycles. The van der Waals surface area contributed by atoms with Crippen molar-refractivity contribution in [1.29, 1.82) is 0 Å². The third kappa shape index (κ3) is 9.50. The Balaban J connectivity index is 1.03. The monoisotopic (exact) mass is 874 g/mol. The van der Waals surface area contributed by atoms with Crippen LogP contribution in [0, 0.1) is 11.8 Å². The fourth-order valence-electron chi connectivity index (χ4n) is 10.3. The van der Waals surface area contributed by atoms with Gasteiger partial charge in [-0.1, -0.05) is 189 Å². The van der Waals surface area contributed by atoms with Gasteiger partial charge < -0.3 is 9.80 Å². The molecule has 1 N–H and O–H groups in total. The number of fused-ring (bicyclic) bond motifs is 4. The van der Waals surface area contributed by atoms with Gasteiger partial charge in [-0.25, -0.2) is 5.43 Å². The molecule has 4 aliphatic rings. The molecule has 67 heavy (non-hydrogen) atoms. The summed E-state index contributed by atoms with van der Waals surface area (Å²) in [6.45, 7) is 20.8. The molecule has 3 heterocycles. The number of anilines is 2. The molecule has 0 saturated heterocycles. The first-order valence-corrected chi connectivity index (χ1v) is 23.8. The normalized spacial score (nSPS) is 21.3. The molecule has 3 unspecified atom stereocenters. The Kier molecular flexibility index (Phi) is 13.6. The number of nitrogens with one attached hydrogen (secondary N) is 1. The van der Waals surface area contributed by atoms with Gasteiger partial charge in [0.25, 0.3) is 0 Å². The zero-order valence-electron chi connectivity index (χ0n) is 39.2. The maximum atomic E-state index is 4.77. The van der Waals surface area contributed by atoms with Crippen molar-refractivity contribution in [2.24, 2.45) is 11.8 Å². The van der Waals surface area contributed by atoms with E-state index in [0.29, 0.717) is 5.92 Å². The van der Waals surface area contributed by atoms with E-state index < -0.39 is 0 Å². The van der Waals surface area contributed by atoms with Crippen LogP contribution in [0.5, 0.6) is 0 Å². The molecule has 0 radical (unpaired) electrons. The molecule has 4 atom stereocenters. The molecule has 3 aliphatic heterocycles. The lowest BCUT2D eigenvalue weighted by molar-refractivity contribution is 0.246. The third-order valence-electron chi connectivity index (χ3n) is 13.8. The number of benzene rings is 5. The average molecular weight is 875 g/mol. The van der Waals surface area contributed by atoms with Crippen LogP contribution in [-0.2, 0) is 0 Å². The molecule has 334 valence electrons. The van der Waals surface area contributed by atoms with E-state index in [0.717, 1.165) is 54.1 Å². The molecule has 0 fully saturated rings. The summed E-state index contributed by atoms with van der Waals surface area (Å²) in [4.78, 5) is 4.80. The van der Waals surface area contributed by atoms with Crippen LogP contribution in [0.1, 0.15) is 68.3 Å². The van der Waals surface area contributed by atoms with Gasteiger partial charge in [0.15, 0.2) is 0 Å². The maximum Gasteiger partial charge on any atom is 0.0747 e. The van der Waals surface area contributed by atoms with E-state index in [1.165, 1.54) is 55.9 Å². The summed E-state index contributed by atoms with van der Waals surface area (Å²) in [5, 5.41) is 2.30. The predicted octanol–water partition coefficient (Wildman–Crippen LogP) is 15.7. The second-order valence-electron chi connectivity index (χ2n) is 17.9. The van der Waals surface area contributed by atoms with Crippen molar-refractivity contribution in [2.45, 2.75) is 52.1 Å². The van der Waals surface area contributed by atoms with Crippen LogP contribution in [0.3, 0.4) is 0 Å². The fraction of sp³-hybridized carbons (Fsp3) is 0.175. The van der Waals surface area contributed by atoms with Crippen LogP contribution in [0.25, 0.3) is 28.6 Å². The molecule has 0 bridgehead atoms. The molecule has 5 aromatic carbocycles. The van der Waals surface area contributed by atoms with Gasteiger partial charge in [0.05, 0.1) is 23.5 Å². The van der Waals surface area contributed by atoms with Crippen LogP contribution in [-0.4, -0.2) is 22.5 Å². The zero-order valence-corrected chi connectivity index (χ0v) is 39.2. The summed E-state index contributed by atoms with van der Waals surface area (Å²) < 4.78 is 0. The van der Waals surface area contributed by atoms with E-state index in [2.05, 4.69) is 242 Å². The van der Waals surface area contributed by atoms with Crippen molar-refractivity contribution in [2.75, 3.05) is 11.4 Å². The van der Waals surface area contributed by atoms with Crippen molar-refractivity contribution >= 4 is 28.8 Å². The van der Waals surface area contributed by atoms with Crippen molar-refractivity contribution in [3.8, 4) is 11.1 Å². The largest absolute Gasteiger partial charge is 0.364 e. The first kappa shape index (κ1) is 44.8. The molecule has 4 nitrogen and oxygen atoms in total. The van der Waals surface area contributed by atoms with Gasteiger partial charge in [0, 0.05) is 46.7 Å². The van der Waals surface area contributed by atoms with Gasteiger partial charge >= 0.3 is 0 Å². The molecule has 0 spiro atoms. The quantitative estimate of drug-likeness (QED) is 0.0996. The van der Waals surface area contributed by atoms with Crippen LogP contribution in [0.4, 0.5) is 11.4 Å². The standard InChI is InChI=1S/C63H62N4/c1-7-9-12-22-46(4)65-42-21-28-54(43-45(3)58-29-19-20-31-60(58)65)49(8-2)33-32-47(5)66(56-38-34-51(35-39-56)50-23-13-10-14-24-50)57-40-36-52(37-41-57)61-44-55-27-17-18-30-59(55)63-48(6)62(64-67(61)63)53-25-15-11-16-26-53/h7-18,20-28,30-41,44,54,58,60,62,64H,1,3,5,19,29,42-43H2,2,4,6H3/b12-9-,28-21-,33-32-,46-22+,49-8+/t54?,58-,60?,62?/m0/s1. The summed E-state index contributed by atoms with van der Waals surface area (Å²) >= 11 is 0. The number of hydrogen-bond donors (Lipinski definition) is 1. The first-order valence-electron chi connectivity index (χ1n) is 23.8. The second-order valence-corrected chi connectivity index (χ2v) is 17.9. The lowest BCUT2D eigenvalue weighted by Gasteiger charge is -2.39. The smallest absolute Gasteiger partial charge is 0.0747 e. The molecule has 9 rings (SSSR count). The van der Waals surface area contributed by atoms with Gasteiger partial charge in [0.1, 0.15) is 0 Å². The maximum absolute atomic E-state index is 4.77. The van der Waals surface area contributed by atoms with Gasteiger partial charge in [-0.2, -0.15) is 0 Å². The predicted molar refractivity (Wildman–Crippen MR) is 285 cm³/mol. The van der Waals surface area contributed by atoms with Gasteiger partial charge in [0.2, 0.25) is 0 Å². The van der Waals surface area contributed by atoms with E-state index in [4.69, 9.17) is 13.2 Å². The number of hydrogen-bond acceptors (Lipinski definition) is 4. The van der Waals surface area contributed by atoms with Crippen LogP contribution >= 0.6 is 0 Å². The minimum atomic E-state index is 0.0736. The summed E-state index contributed by atoms with van der Waals surface area (Å²) in [7, 11) is 0. The summed E-state index contributed by atoms with van der Waals surface area (Å²) in [5.74, 6) is 0.568. The number of nitrogens with zero attached hydrogens (tertiary/aromatic N) is 3. The van der Waals surface area contributed by atoms with Crippen molar-refractivity contribution in [1.82, 2.24) is 15.3 Å². The Labute approximate surface area is 399 Å². The zero-order chi connectivity index (χ0) is 46.3. The van der Waals surface area contributed by atoms with Crippen LogP contribution in [0.2, 0.25) is 0 Å². The Hall–Kier alpha value is -7.40.